The van der Waals surface area contributed by atoms with E-state index in [4.69, 9.17) is 13.6 Å². The Hall–Kier alpha value is -1.43. The van der Waals surface area contributed by atoms with Crippen molar-refractivity contribution in [3.63, 3.8) is 0 Å². The summed E-state index contributed by atoms with van der Waals surface area (Å²) in [6, 6.07) is 1.28. The van der Waals surface area contributed by atoms with Gasteiger partial charge < -0.3 is 13.6 Å². The van der Waals surface area contributed by atoms with E-state index in [0.717, 1.165) is 11.8 Å². The van der Waals surface area contributed by atoms with Gasteiger partial charge >= 0.3 is 5.69 Å². The fourth-order valence-corrected chi connectivity index (χ4v) is 6.56. The highest BCUT2D eigenvalue weighted by Gasteiger charge is 2.60. The summed E-state index contributed by atoms with van der Waals surface area (Å²) in [5.74, 6) is 0. The largest absolute Gasteiger partial charge is 0.414 e. The van der Waals surface area contributed by atoms with Gasteiger partial charge in [-0.1, -0.05) is 47.6 Å². The van der Waals surface area contributed by atoms with Gasteiger partial charge in [0.05, 0.1) is 6.61 Å². The lowest BCUT2D eigenvalue weighted by molar-refractivity contribution is -0.0489. The number of hydrogen-bond donors (Lipinski definition) is 1. The van der Waals surface area contributed by atoms with E-state index in [1.807, 2.05) is 0 Å². The van der Waals surface area contributed by atoms with Crippen LogP contribution in [-0.4, -0.2) is 49.7 Å². The summed E-state index contributed by atoms with van der Waals surface area (Å²) < 4.78 is 20.2. The second-order valence-corrected chi connectivity index (χ2v) is 22.8. The topological polar surface area (TPSA) is 106 Å². The number of H-pyrrole nitrogens is 1. The molecule has 11 heteroatoms. The molecule has 4 atom stereocenters. The van der Waals surface area contributed by atoms with Gasteiger partial charge in [-0.3, -0.25) is 14.3 Å². The van der Waals surface area contributed by atoms with Gasteiger partial charge in [0.1, 0.15) is 22.4 Å². The molecule has 0 aliphatic carbocycles. The average molecular weight is 540 g/mol. The molecular weight excluding hydrogens is 499 g/mol. The Kier molecular flexibility index (Phi) is 8.64. The molecular formula is C24H41N3O5SSi2. The molecule has 0 saturated carbocycles. The van der Waals surface area contributed by atoms with Gasteiger partial charge in [0.15, 0.2) is 22.9 Å². The fourth-order valence-electron chi connectivity index (χ4n) is 3.40. The predicted octanol–water partition coefficient (Wildman–Crippen LogP) is 4.99. The van der Waals surface area contributed by atoms with Crippen LogP contribution in [-0.2, 0) is 13.6 Å². The molecule has 1 aliphatic rings. The van der Waals surface area contributed by atoms with Gasteiger partial charge in [0.25, 0.3) is 5.56 Å². The van der Waals surface area contributed by atoms with Gasteiger partial charge in [-0.2, -0.15) is 5.26 Å². The molecule has 1 aromatic rings. The number of hydrogen-bond acceptors (Lipinski definition) is 7. The molecule has 2 rings (SSSR count). The molecule has 0 amide bonds. The molecule has 196 valence electrons. The Morgan fingerprint density at radius 1 is 1.20 bits per heavy atom. The van der Waals surface area contributed by atoms with Crippen molar-refractivity contribution in [3.8, 4) is 5.40 Å². The van der Waals surface area contributed by atoms with Crippen molar-refractivity contribution in [3.05, 3.63) is 45.8 Å². The van der Waals surface area contributed by atoms with Crippen molar-refractivity contribution in [1.29, 1.82) is 5.26 Å². The SMILES string of the molecule is C=C[C@]1(SC#N)[C@@H](CO[Si](C)(C)C(C)(C)C)O[C@@H](n2ccc(=O)[nH]c2=O)[C@@H]1O[Si](C)(C)C(C)(C)C. The van der Waals surface area contributed by atoms with Crippen molar-refractivity contribution < 1.29 is 13.6 Å². The highest BCUT2D eigenvalue weighted by molar-refractivity contribution is 8.05. The zero-order chi connectivity index (χ0) is 27.0. The van der Waals surface area contributed by atoms with Crippen LogP contribution < -0.4 is 11.2 Å². The van der Waals surface area contributed by atoms with Crippen LogP contribution in [0, 0.1) is 10.7 Å². The van der Waals surface area contributed by atoms with E-state index in [9.17, 15) is 14.9 Å². The summed E-state index contributed by atoms with van der Waals surface area (Å²) in [6.45, 7) is 25.7. The van der Waals surface area contributed by atoms with Crippen LogP contribution in [0.4, 0.5) is 0 Å². The van der Waals surface area contributed by atoms with Gasteiger partial charge in [0, 0.05) is 12.3 Å². The summed E-state index contributed by atoms with van der Waals surface area (Å²) in [5.41, 5.74) is -1.09. The fraction of sp³-hybridized carbons (Fsp3) is 0.708. The lowest BCUT2D eigenvalue weighted by atomic mass is 9.97. The molecule has 1 saturated heterocycles. The van der Waals surface area contributed by atoms with Crippen molar-refractivity contribution in [2.45, 2.75) is 101 Å². The van der Waals surface area contributed by atoms with Crippen LogP contribution in [0.15, 0.2) is 34.5 Å². The number of aromatic amines is 1. The summed E-state index contributed by atoms with van der Waals surface area (Å²) in [6.07, 6.45) is 0.935. The summed E-state index contributed by atoms with van der Waals surface area (Å²) in [7, 11) is -4.54. The van der Waals surface area contributed by atoms with Gasteiger partial charge in [-0.05, 0) is 48.0 Å². The Labute approximate surface area is 215 Å². The van der Waals surface area contributed by atoms with Crippen LogP contribution in [0.5, 0.6) is 0 Å². The third-order valence-corrected chi connectivity index (χ3v) is 17.9. The third-order valence-electron chi connectivity index (χ3n) is 7.81. The normalized spacial score (nSPS) is 25.9. The molecule has 1 aromatic heterocycles. The number of rotatable bonds is 8. The van der Waals surface area contributed by atoms with E-state index in [1.54, 1.807) is 6.08 Å². The predicted molar refractivity (Wildman–Crippen MR) is 147 cm³/mol. The maximum Gasteiger partial charge on any atom is 0.330 e. The first-order valence-corrected chi connectivity index (χ1v) is 18.5. The van der Waals surface area contributed by atoms with Gasteiger partial charge in [-0.25, -0.2) is 4.79 Å². The molecule has 0 bridgehead atoms. The molecule has 0 aromatic carbocycles. The number of nitrogens with zero attached hydrogens (tertiary/aromatic N) is 2. The standard InChI is InChI=1S/C24H41N3O5SSi2/c1-12-24(33-16-25)17(15-30-34(8,9)22(2,3)4)31-20(27-14-13-18(28)26-21(27)29)19(24)32-35(10,11)23(5,6)7/h12-14,17,19-20H,1,15H2,2-11H3,(H,26,28,29)/t17-,19+,20-,24+/m1/s1. The number of thioether (sulfide) groups is 1. The average Bonchev–Trinajstić information content (AvgIpc) is 2.98. The minimum Gasteiger partial charge on any atom is -0.414 e. The van der Waals surface area contributed by atoms with Crippen molar-refractivity contribution in [2.24, 2.45) is 0 Å². The molecule has 0 radical (unpaired) electrons. The quantitative estimate of drug-likeness (QED) is 0.282. The first-order chi connectivity index (χ1) is 15.8. The minimum atomic E-state index is -2.40. The van der Waals surface area contributed by atoms with E-state index in [-0.39, 0.29) is 16.7 Å². The molecule has 8 nitrogen and oxygen atoms in total. The van der Waals surface area contributed by atoms with Crippen LogP contribution in [0.25, 0.3) is 0 Å². The highest BCUT2D eigenvalue weighted by atomic mass is 32.2. The maximum absolute atomic E-state index is 12.8. The molecule has 0 spiro atoms. The van der Waals surface area contributed by atoms with Crippen molar-refractivity contribution in [1.82, 2.24) is 9.55 Å². The lowest BCUT2D eigenvalue weighted by Gasteiger charge is -2.43. The van der Waals surface area contributed by atoms with Crippen molar-refractivity contribution in [2.75, 3.05) is 6.61 Å². The highest BCUT2D eigenvalue weighted by Crippen LogP contribution is 2.51. The summed E-state index contributed by atoms with van der Waals surface area (Å²) >= 11 is 1.03. The molecule has 1 aliphatic heterocycles. The third kappa shape index (κ3) is 5.94. The Bertz CT molecular complexity index is 1080. The smallest absolute Gasteiger partial charge is 0.330 e. The van der Waals surface area contributed by atoms with Crippen LogP contribution in [0.3, 0.4) is 0 Å². The second kappa shape index (κ2) is 10.1. The van der Waals surface area contributed by atoms with E-state index >= 15 is 0 Å². The van der Waals surface area contributed by atoms with E-state index < -0.39 is 51.1 Å². The number of nitriles is 1. The molecule has 2 heterocycles. The lowest BCUT2D eigenvalue weighted by Crippen LogP contribution is -2.54. The minimum absolute atomic E-state index is 0.0168. The monoisotopic (exact) mass is 539 g/mol. The second-order valence-electron chi connectivity index (χ2n) is 12.2. The number of thiocyanates is 1. The Morgan fingerprint density at radius 2 is 1.77 bits per heavy atom. The molecule has 35 heavy (non-hydrogen) atoms. The maximum atomic E-state index is 12.8. The number of ether oxygens (including phenoxy) is 1. The van der Waals surface area contributed by atoms with Crippen LogP contribution in [0.2, 0.25) is 36.3 Å². The molecule has 0 unspecified atom stereocenters. The Morgan fingerprint density at radius 3 is 2.23 bits per heavy atom. The first-order valence-electron chi connectivity index (χ1n) is 11.8. The number of nitrogens with one attached hydrogen (secondary N) is 1. The van der Waals surface area contributed by atoms with E-state index in [1.165, 1.54) is 16.8 Å². The Balaban J connectivity index is 2.66. The number of aromatic nitrogens is 2. The first kappa shape index (κ1) is 29.8. The van der Waals surface area contributed by atoms with Crippen LogP contribution in [0.1, 0.15) is 47.8 Å². The zero-order valence-electron chi connectivity index (χ0n) is 22.7. The molecule has 1 fully saturated rings. The van der Waals surface area contributed by atoms with E-state index in [2.05, 4.69) is 84.7 Å². The summed E-state index contributed by atoms with van der Waals surface area (Å²) in [5, 5.41) is 11.9. The van der Waals surface area contributed by atoms with Gasteiger partial charge in [0.2, 0.25) is 0 Å². The van der Waals surface area contributed by atoms with Crippen LogP contribution >= 0.6 is 11.8 Å². The molecule has 1 N–H and O–H groups in total. The van der Waals surface area contributed by atoms with Crippen molar-refractivity contribution >= 4 is 28.4 Å². The summed E-state index contributed by atoms with van der Waals surface area (Å²) in [4.78, 5) is 26.9. The zero-order valence-corrected chi connectivity index (χ0v) is 25.5. The van der Waals surface area contributed by atoms with E-state index in [0.29, 0.717) is 0 Å². The van der Waals surface area contributed by atoms with Gasteiger partial charge in [-0.15, -0.1) is 6.58 Å².